The summed E-state index contributed by atoms with van der Waals surface area (Å²) < 4.78 is 26.0. The Morgan fingerprint density at radius 1 is 1.19 bits per heavy atom. The predicted octanol–water partition coefficient (Wildman–Crippen LogP) is 2.79. The van der Waals surface area contributed by atoms with E-state index in [1.807, 2.05) is 0 Å². The van der Waals surface area contributed by atoms with Crippen LogP contribution in [-0.2, 0) is 16.6 Å². The molecule has 112 valence electrons. The van der Waals surface area contributed by atoms with Crippen molar-refractivity contribution in [1.82, 2.24) is 9.29 Å². The molecule has 0 atom stereocenters. The number of hydrogen-bond donors (Lipinski definition) is 1. The number of nitrogens with zero attached hydrogens (tertiary/aromatic N) is 2. The van der Waals surface area contributed by atoms with Crippen LogP contribution in [0.15, 0.2) is 41.4 Å². The number of nitrogen functional groups attached to an aromatic ring is 1. The van der Waals surface area contributed by atoms with Crippen LogP contribution >= 0.6 is 23.2 Å². The topological polar surface area (TPSA) is 76.3 Å². The smallest absolute Gasteiger partial charge is 0.244 e. The Kier molecular flexibility index (Phi) is 4.73. The summed E-state index contributed by atoms with van der Waals surface area (Å²) in [5, 5.41) is 0.808. The summed E-state index contributed by atoms with van der Waals surface area (Å²) in [4.78, 5) is 3.88. The first-order valence-electron chi connectivity index (χ1n) is 5.92. The van der Waals surface area contributed by atoms with E-state index in [9.17, 15) is 8.42 Å². The van der Waals surface area contributed by atoms with Gasteiger partial charge in [0.05, 0.1) is 10.0 Å². The monoisotopic (exact) mass is 345 g/mol. The summed E-state index contributed by atoms with van der Waals surface area (Å²) >= 11 is 11.8. The Bertz CT molecular complexity index is 749. The molecule has 2 aromatic rings. The van der Waals surface area contributed by atoms with E-state index in [2.05, 4.69) is 4.98 Å². The Labute approximate surface area is 133 Å². The van der Waals surface area contributed by atoms with Crippen molar-refractivity contribution in [2.24, 2.45) is 0 Å². The highest BCUT2D eigenvalue weighted by Crippen LogP contribution is 2.24. The zero-order valence-electron chi connectivity index (χ0n) is 11.1. The maximum atomic E-state index is 12.4. The first-order valence-corrected chi connectivity index (χ1v) is 8.12. The number of nitrogens with two attached hydrogens (primary N) is 1. The second-order valence-corrected chi connectivity index (χ2v) is 7.29. The highest BCUT2D eigenvalue weighted by atomic mass is 35.5. The summed E-state index contributed by atoms with van der Waals surface area (Å²) in [5.74, 6) is 0.265. The molecule has 5 nitrogen and oxygen atoms in total. The van der Waals surface area contributed by atoms with Crippen LogP contribution in [0.1, 0.15) is 5.56 Å². The fourth-order valence-electron chi connectivity index (χ4n) is 1.70. The van der Waals surface area contributed by atoms with Crippen molar-refractivity contribution in [3.05, 3.63) is 52.1 Å². The largest absolute Gasteiger partial charge is 0.384 e. The minimum absolute atomic E-state index is 0.0826. The van der Waals surface area contributed by atoms with Gasteiger partial charge in [-0.2, -0.15) is 4.31 Å². The Balaban J connectivity index is 2.24. The summed E-state index contributed by atoms with van der Waals surface area (Å²) in [5.41, 5.74) is 6.19. The van der Waals surface area contributed by atoms with Crippen molar-refractivity contribution in [2.75, 3.05) is 12.8 Å². The lowest BCUT2D eigenvalue weighted by molar-refractivity contribution is 0.466. The van der Waals surface area contributed by atoms with E-state index in [0.717, 1.165) is 5.56 Å². The standard InChI is InChI=1S/C13H13Cl2N3O2S/c1-18(8-9-2-4-11(14)12(15)6-9)21(19,20)10-3-5-13(16)17-7-10/h2-7H,8H2,1H3,(H2,16,17). The number of pyridine rings is 1. The van der Waals surface area contributed by atoms with Crippen molar-refractivity contribution in [1.29, 1.82) is 0 Å². The molecule has 0 fully saturated rings. The van der Waals surface area contributed by atoms with Gasteiger partial charge in [-0.05, 0) is 29.8 Å². The number of halogens is 2. The van der Waals surface area contributed by atoms with Gasteiger partial charge in [-0.3, -0.25) is 0 Å². The van der Waals surface area contributed by atoms with Crippen LogP contribution in [-0.4, -0.2) is 24.8 Å². The lowest BCUT2D eigenvalue weighted by Crippen LogP contribution is -2.26. The fraction of sp³-hybridized carbons (Fsp3) is 0.154. The third-order valence-corrected chi connectivity index (χ3v) is 5.38. The molecule has 0 saturated heterocycles. The number of benzene rings is 1. The molecule has 8 heteroatoms. The van der Waals surface area contributed by atoms with Crippen LogP contribution in [0, 0.1) is 0 Å². The molecular formula is C13H13Cl2N3O2S. The Morgan fingerprint density at radius 3 is 2.48 bits per heavy atom. The average molecular weight is 346 g/mol. The average Bonchev–Trinajstić information content (AvgIpc) is 2.43. The van der Waals surface area contributed by atoms with Gasteiger partial charge >= 0.3 is 0 Å². The molecule has 0 bridgehead atoms. The highest BCUT2D eigenvalue weighted by molar-refractivity contribution is 7.89. The second kappa shape index (κ2) is 6.19. The molecule has 1 aromatic carbocycles. The van der Waals surface area contributed by atoms with Gasteiger partial charge in [0.1, 0.15) is 10.7 Å². The van der Waals surface area contributed by atoms with Gasteiger partial charge in [-0.15, -0.1) is 0 Å². The van der Waals surface area contributed by atoms with Crippen LogP contribution in [0.25, 0.3) is 0 Å². The molecule has 21 heavy (non-hydrogen) atoms. The van der Waals surface area contributed by atoms with Gasteiger partial charge in [0.25, 0.3) is 0 Å². The van der Waals surface area contributed by atoms with E-state index in [4.69, 9.17) is 28.9 Å². The normalized spacial score (nSPS) is 11.8. The maximum Gasteiger partial charge on any atom is 0.244 e. The van der Waals surface area contributed by atoms with E-state index in [-0.39, 0.29) is 17.3 Å². The minimum Gasteiger partial charge on any atom is -0.384 e. The molecule has 1 aromatic heterocycles. The van der Waals surface area contributed by atoms with Gasteiger partial charge in [0, 0.05) is 19.8 Å². The van der Waals surface area contributed by atoms with Crippen LogP contribution < -0.4 is 5.73 Å². The molecule has 0 aliphatic rings. The number of aromatic nitrogens is 1. The molecule has 0 unspecified atom stereocenters. The summed E-state index contributed by atoms with van der Waals surface area (Å²) in [6, 6.07) is 7.85. The predicted molar refractivity (Wildman–Crippen MR) is 83.8 cm³/mol. The number of sulfonamides is 1. The second-order valence-electron chi connectivity index (χ2n) is 4.43. The van der Waals surface area contributed by atoms with E-state index < -0.39 is 10.0 Å². The van der Waals surface area contributed by atoms with E-state index in [0.29, 0.717) is 10.0 Å². The molecule has 0 aliphatic carbocycles. The first-order chi connectivity index (χ1) is 9.80. The molecule has 0 amide bonds. The van der Waals surface area contributed by atoms with Crippen molar-refractivity contribution in [2.45, 2.75) is 11.4 Å². The van der Waals surface area contributed by atoms with Crippen LogP contribution in [0.2, 0.25) is 10.0 Å². The molecule has 0 saturated carbocycles. The maximum absolute atomic E-state index is 12.4. The minimum atomic E-state index is -3.64. The van der Waals surface area contributed by atoms with E-state index >= 15 is 0 Å². The van der Waals surface area contributed by atoms with Crippen LogP contribution in [0.4, 0.5) is 5.82 Å². The van der Waals surface area contributed by atoms with Crippen LogP contribution in [0.5, 0.6) is 0 Å². The molecular weight excluding hydrogens is 333 g/mol. The van der Waals surface area contributed by atoms with Gasteiger partial charge in [0.15, 0.2) is 0 Å². The Morgan fingerprint density at radius 2 is 1.90 bits per heavy atom. The number of anilines is 1. The summed E-state index contributed by atoms with van der Waals surface area (Å²) in [7, 11) is -2.16. The van der Waals surface area contributed by atoms with Gasteiger partial charge < -0.3 is 5.73 Å². The SMILES string of the molecule is CN(Cc1ccc(Cl)c(Cl)c1)S(=O)(=O)c1ccc(N)nc1. The van der Waals surface area contributed by atoms with Crippen molar-refractivity contribution in [3.8, 4) is 0 Å². The first kappa shape index (κ1) is 16.0. The fourth-order valence-corrected chi connectivity index (χ4v) is 3.13. The van der Waals surface area contributed by atoms with Crippen LogP contribution in [0.3, 0.4) is 0 Å². The molecule has 2 N–H and O–H groups in total. The molecule has 0 spiro atoms. The summed E-state index contributed by atoms with van der Waals surface area (Å²) in [6.45, 7) is 0.170. The quantitative estimate of drug-likeness (QED) is 0.924. The Hall–Kier alpha value is -1.34. The van der Waals surface area contributed by atoms with Gasteiger partial charge in [-0.25, -0.2) is 13.4 Å². The van der Waals surface area contributed by atoms with Crippen molar-refractivity contribution in [3.63, 3.8) is 0 Å². The third-order valence-electron chi connectivity index (χ3n) is 2.86. The molecule has 0 aliphatic heterocycles. The third kappa shape index (κ3) is 3.65. The van der Waals surface area contributed by atoms with E-state index in [1.165, 1.54) is 29.7 Å². The van der Waals surface area contributed by atoms with Gasteiger partial charge in [-0.1, -0.05) is 29.3 Å². The molecule has 0 radical (unpaired) electrons. The lowest BCUT2D eigenvalue weighted by Gasteiger charge is -2.17. The number of hydrogen-bond acceptors (Lipinski definition) is 4. The van der Waals surface area contributed by atoms with Crippen molar-refractivity contribution >= 4 is 39.0 Å². The molecule has 2 rings (SSSR count). The highest BCUT2D eigenvalue weighted by Gasteiger charge is 2.21. The lowest BCUT2D eigenvalue weighted by atomic mass is 10.2. The van der Waals surface area contributed by atoms with E-state index in [1.54, 1.807) is 18.2 Å². The zero-order valence-corrected chi connectivity index (χ0v) is 13.5. The van der Waals surface area contributed by atoms with Crippen molar-refractivity contribution < 1.29 is 8.42 Å². The zero-order chi connectivity index (χ0) is 15.6. The van der Waals surface area contributed by atoms with Gasteiger partial charge in [0.2, 0.25) is 10.0 Å². The number of rotatable bonds is 4. The summed E-state index contributed by atoms with van der Waals surface area (Å²) in [6.07, 6.45) is 1.23. The molecule has 1 heterocycles.